The molecule has 0 aliphatic heterocycles. The minimum Gasteiger partial charge on any atom is -0.455 e. The molecule has 0 radical (unpaired) electrons. The number of carbonyl (C=O) groups excluding carboxylic acids is 1. The summed E-state index contributed by atoms with van der Waals surface area (Å²) in [5.41, 5.74) is -0.765. The normalized spacial score (nSPS) is 15.5. The number of hydrogen-bond donors (Lipinski definition) is 2. The number of para-hydroxylation sites is 1. The highest BCUT2D eigenvalue weighted by Gasteiger charge is 2.25. The molecule has 0 unspecified atom stereocenters. The lowest BCUT2D eigenvalue weighted by Gasteiger charge is -2.22. The van der Waals surface area contributed by atoms with E-state index in [0.717, 1.165) is 32.1 Å². The Labute approximate surface area is 183 Å². The summed E-state index contributed by atoms with van der Waals surface area (Å²) < 4.78 is 48.2. The van der Waals surface area contributed by atoms with Crippen molar-refractivity contribution in [2.45, 2.75) is 63.8 Å². The molecule has 3 rings (SSSR count). The van der Waals surface area contributed by atoms with Crippen LogP contribution in [-0.4, -0.2) is 20.4 Å². The van der Waals surface area contributed by atoms with Crippen molar-refractivity contribution in [3.05, 3.63) is 48.3 Å². The zero-order chi connectivity index (χ0) is 22.6. The number of halogens is 1. The second kappa shape index (κ2) is 9.36. The minimum absolute atomic E-state index is 0.0315. The molecule has 31 heavy (non-hydrogen) atoms. The molecule has 0 saturated heterocycles. The smallest absolute Gasteiger partial charge is 0.240 e. The van der Waals surface area contributed by atoms with Crippen LogP contribution in [0.15, 0.2) is 47.4 Å². The van der Waals surface area contributed by atoms with Gasteiger partial charge in [-0.25, -0.2) is 17.5 Å². The average Bonchev–Trinajstić information content (AvgIpc) is 2.70. The van der Waals surface area contributed by atoms with E-state index in [1.807, 2.05) is 0 Å². The monoisotopic (exact) mass is 448 g/mol. The van der Waals surface area contributed by atoms with E-state index in [0.29, 0.717) is 5.75 Å². The standard InChI is InChI=1S/C23H29FN2O4S/c1-23(2,3)22(27)25-21-19(24)10-7-11-20(21)30-17-12-14-18(15-13-17)31(28,29)26-16-8-5-4-6-9-16/h7,10-16,26H,4-6,8-9H2,1-3H3,(H,25,27). The van der Waals surface area contributed by atoms with E-state index in [9.17, 15) is 17.6 Å². The second-order valence-electron chi connectivity index (χ2n) is 8.85. The molecule has 2 aromatic carbocycles. The van der Waals surface area contributed by atoms with Gasteiger partial charge in [0.15, 0.2) is 11.6 Å². The highest BCUT2D eigenvalue weighted by molar-refractivity contribution is 7.89. The van der Waals surface area contributed by atoms with Crippen molar-refractivity contribution in [1.29, 1.82) is 0 Å². The highest BCUT2D eigenvalue weighted by Crippen LogP contribution is 2.33. The van der Waals surface area contributed by atoms with Crippen LogP contribution in [0, 0.1) is 11.2 Å². The van der Waals surface area contributed by atoms with Crippen LogP contribution in [0.3, 0.4) is 0 Å². The fourth-order valence-electron chi connectivity index (χ4n) is 3.33. The summed E-state index contributed by atoms with van der Waals surface area (Å²) in [5, 5.41) is 2.58. The van der Waals surface area contributed by atoms with E-state index in [4.69, 9.17) is 4.74 Å². The number of sulfonamides is 1. The van der Waals surface area contributed by atoms with E-state index in [2.05, 4.69) is 10.0 Å². The topological polar surface area (TPSA) is 84.5 Å². The molecule has 0 heterocycles. The predicted octanol–water partition coefficient (Wildman–Crippen LogP) is 5.21. The fourth-order valence-corrected chi connectivity index (χ4v) is 4.64. The van der Waals surface area contributed by atoms with Crippen molar-refractivity contribution in [2.75, 3.05) is 5.32 Å². The molecule has 2 N–H and O–H groups in total. The predicted molar refractivity (Wildman–Crippen MR) is 118 cm³/mol. The third-order valence-corrected chi connectivity index (χ3v) is 6.72. The van der Waals surface area contributed by atoms with E-state index >= 15 is 0 Å². The van der Waals surface area contributed by atoms with Gasteiger partial charge >= 0.3 is 0 Å². The van der Waals surface area contributed by atoms with Crippen molar-refractivity contribution in [1.82, 2.24) is 4.72 Å². The van der Waals surface area contributed by atoms with E-state index < -0.39 is 21.3 Å². The zero-order valence-electron chi connectivity index (χ0n) is 18.1. The summed E-state index contributed by atoms with van der Waals surface area (Å²) in [4.78, 5) is 12.4. The van der Waals surface area contributed by atoms with Crippen molar-refractivity contribution >= 4 is 21.6 Å². The number of nitrogens with one attached hydrogen (secondary N) is 2. The Morgan fingerprint density at radius 1 is 1.03 bits per heavy atom. The molecule has 1 fully saturated rings. The Morgan fingerprint density at radius 3 is 2.29 bits per heavy atom. The minimum atomic E-state index is -3.62. The first-order chi connectivity index (χ1) is 14.6. The largest absolute Gasteiger partial charge is 0.455 e. The number of amides is 1. The lowest BCUT2D eigenvalue weighted by Crippen LogP contribution is -2.36. The molecule has 1 saturated carbocycles. The van der Waals surface area contributed by atoms with E-state index in [-0.39, 0.29) is 28.3 Å². The summed E-state index contributed by atoms with van der Waals surface area (Å²) >= 11 is 0. The van der Waals surface area contributed by atoms with E-state index in [1.54, 1.807) is 20.8 Å². The van der Waals surface area contributed by atoms with Crippen LogP contribution < -0.4 is 14.8 Å². The number of ether oxygens (including phenoxy) is 1. The maximum Gasteiger partial charge on any atom is 0.240 e. The summed E-state index contributed by atoms with van der Waals surface area (Å²) in [6, 6.07) is 10.1. The average molecular weight is 449 g/mol. The number of hydrogen-bond acceptors (Lipinski definition) is 4. The summed E-state index contributed by atoms with van der Waals surface area (Å²) in [5.74, 6) is -0.509. The van der Waals surface area contributed by atoms with Crippen molar-refractivity contribution in [3.8, 4) is 11.5 Å². The van der Waals surface area contributed by atoms with Gasteiger partial charge in [-0.05, 0) is 49.2 Å². The molecule has 8 heteroatoms. The molecule has 1 aliphatic carbocycles. The molecular weight excluding hydrogens is 419 g/mol. The number of benzene rings is 2. The third kappa shape index (κ3) is 6.04. The van der Waals surface area contributed by atoms with Gasteiger partial charge in [0, 0.05) is 11.5 Å². The zero-order valence-corrected chi connectivity index (χ0v) is 18.9. The van der Waals surface area contributed by atoms with Crippen LogP contribution in [-0.2, 0) is 14.8 Å². The van der Waals surface area contributed by atoms with Crippen LogP contribution >= 0.6 is 0 Å². The Morgan fingerprint density at radius 2 is 1.68 bits per heavy atom. The first-order valence-corrected chi connectivity index (χ1v) is 11.9. The van der Waals surface area contributed by atoms with Gasteiger partial charge in [-0.15, -0.1) is 0 Å². The van der Waals surface area contributed by atoms with Crippen LogP contribution in [0.5, 0.6) is 11.5 Å². The van der Waals surface area contributed by atoms with Gasteiger partial charge in [0.2, 0.25) is 15.9 Å². The van der Waals surface area contributed by atoms with Gasteiger partial charge < -0.3 is 10.1 Å². The second-order valence-corrected chi connectivity index (χ2v) is 10.6. The number of rotatable bonds is 6. The summed E-state index contributed by atoms with van der Waals surface area (Å²) in [7, 11) is -3.62. The molecule has 0 atom stereocenters. The Hall–Kier alpha value is -2.45. The van der Waals surface area contributed by atoms with Gasteiger partial charge in [-0.3, -0.25) is 4.79 Å². The summed E-state index contributed by atoms with van der Waals surface area (Å²) in [6.45, 7) is 5.18. The molecular formula is C23H29FN2O4S. The molecule has 2 aromatic rings. The van der Waals surface area contributed by atoms with Gasteiger partial charge in [0.05, 0.1) is 4.90 Å². The number of carbonyl (C=O) groups is 1. The van der Waals surface area contributed by atoms with Gasteiger partial charge in [0.25, 0.3) is 0 Å². The lowest BCUT2D eigenvalue weighted by molar-refractivity contribution is -0.123. The third-order valence-electron chi connectivity index (χ3n) is 5.18. The Balaban J connectivity index is 1.75. The van der Waals surface area contributed by atoms with Crippen LogP contribution in [0.4, 0.5) is 10.1 Å². The van der Waals surface area contributed by atoms with Crippen molar-refractivity contribution < 1.29 is 22.3 Å². The molecule has 1 amide bonds. The molecule has 0 aromatic heterocycles. The van der Waals surface area contributed by atoms with E-state index in [1.165, 1.54) is 42.5 Å². The molecule has 1 aliphatic rings. The van der Waals surface area contributed by atoms with Gasteiger partial charge in [-0.1, -0.05) is 46.1 Å². The molecule has 168 valence electrons. The SMILES string of the molecule is CC(C)(C)C(=O)Nc1c(F)cccc1Oc1ccc(S(=O)(=O)NC2CCCCC2)cc1. The maximum atomic E-state index is 14.4. The first kappa shape index (κ1) is 23.2. The Kier molecular flexibility index (Phi) is 7.01. The van der Waals surface area contributed by atoms with Crippen molar-refractivity contribution in [3.63, 3.8) is 0 Å². The highest BCUT2D eigenvalue weighted by atomic mass is 32.2. The molecule has 6 nitrogen and oxygen atoms in total. The quantitative estimate of drug-likeness (QED) is 0.635. The first-order valence-electron chi connectivity index (χ1n) is 10.5. The Bertz CT molecular complexity index is 1020. The maximum absolute atomic E-state index is 14.4. The van der Waals surface area contributed by atoms with Crippen LogP contribution in [0.25, 0.3) is 0 Å². The number of anilines is 1. The molecule has 0 bridgehead atoms. The van der Waals surface area contributed by atoms with Crippen LogP contribution in [0.1, 0.15) is 52.9 Å². The molecule has 0 spiro atoms. The lowest BCUT2D eigenvalue weighted by atomic mass is 9.95. The fraction of sp³-hybridized carbons (Fsp3) is 0.435. The van der Waals surface area contributed by atoms with Gasteiger partial charge in [0.1, 0.15) is 11.4 Å². The van der Waals surface area contributed by atoms with Crippen LogP contribution in [0.2, 0.25) is 0 Å². The summed E-state index contributed by atoms with van der Waals surface area (Å²) in [6.07, 6.45) is 4.90. The van der Waals surface area contributed by atoms with Gasteiger partial charge in [-0.2, -0.15) is 0 Å². The van der Waals surface area contributed by atoms with Crippen molar-refractivity contribution in [2.24, 2.45) is 5.41 Å².